The van der Waals surface area contributed by atoms with Gasteiger partial charge in [0.15, 0.2) is 5.78 Å². The number of hydrogen-bond donors (Lipinski definition) is 0. The molecule has 1 aromatic heterocycles. The molecule has 2 aromatic carbocycles. The molecular formula is C25H28N4O3S. The van der Waals surface area contributed by atoms with Gasteiger partial charge in [0.2, 0.25) is 10.0 Å². The summed E-state index contributed by atoms with van der Waals surface area (Å²) in [5.41, 5.74) is 2.65. The Labute approximate surface area is 194 Å². The maximum Gasteiger partial charge on any atom is 0.243 e. The molecule has 0 saturated carbocycles. The number of Topliss-reactive ketones (excluding diaryl/α,β-unsaturated/α-hetero) is 1. The van der Waals surface area contributed by atoms with E-state index in [-0.39, 0.29) is 5.78 Å². The average molecular weight is 465 g/mol. The van der Waals surface area contributed by atoms with Crippen LogP contribution in [0.3, 0.4) is 0 Å². The van der Waals surface area contributed by atoms with E-state index in [1.807, 2.05) is 42.5 Å². The molecule has 0 radical (unpaired) electrons. The van der Waals surface area contributed by atoms with Crippen LogP contribution in [0.5, 0.6) is 0 Å². The molecular weight excluding hydrogens is 436 g/mol. The standard InChI is InChI=1S/C25H28N4O3S/c1-19(30)20-4-7-22(8-5-20)27-14-16-28(17-15-27)25-11-6-21-18-23(9-10-24(21)26-25)33(31,32)29-12-2-3-13-29/h4-11,18H,2-3,12-17H2,1H3. The number of ketones is 1. The second kappa shape index (κ2) is 8.76. The van der Waals surface area contributed by atoms with Crippen molar-refractivity contribution < 1.29 is 13.2 Å². The van der Waals surface area contributed by atoms with E-state index in [1.165, 1.54) is 0 Å². The van der Waals surface area contributed by atoms with Gasteiger partial charge in [-0.15, -0.1) is 0 Å². The molecule has 5 rings (SSSR count). The molecule has 0 bridgehead atoms. The number of hydrogen-bond acceptors (Lipinski definition) is 6. The van der Waals surface area contributed by atoms with Crippen LogP contribution in [0.15, 0.2) is 59.5 Å². The molecule has 2 saturated heterocycles. The third-order valence-electron chi connectivity index (χ3n) is 6.59. The molecule has 2 aliphatic heterocycles. The number of rotatable bonds is 5. The van der Waals surface area contributed by atoms with Gasteiger partial charge in [-0.1, -0.05) is 0 Å². The number of pyridine rings is 1. The largest absolute Gasteiger partial charge is 0.368 e. The molecule has 2 fully saturated rings. The first-order chi connectivity index (χ1) is 15.9. The van der Waals surface area contributed by atoms with Crippen LogP contribution in [0, 0.1) is 0 Å². The monoisotopic (exact) mass is 464 g/mol. The van der Waals surface area contributed by atoms with Crippen molar-refractivity contribution in [3.8, 4) is 0 Å². The minimum atomic E-state index is -3.43. The summed E-state index contributed by atoms with van der Waals surface area (Å²) >= 11 is 0. The Bertz CT molecular complexity index is 1280. The number of aromatic nitrogens is 1. The maximum atomic E-state index is 12.9. The van der Waals surface area contributed by atoms with E-state index in [9.17, 15) is 13.2 Å². The first-order valence-electron chi connectivity index (χ1n) is 11.4. The van der Waals surface area contributed by atoms with Gasteiger partial charge in [0.05, 0.1) is 10.4 Å². The lowest BCUT2D eigenvalue weighted by atomic mass is 10.1. The highest BCUT2D eigenvalue weighted by molar-refractivity contribution is 7.89. The third kappa shape index (κ3) is 4.32. The SMILES string of the molecule is CC(=O)c1ccc(N2CCN(c3ccc4cc(S(=O)(=O)N5CCCC5)ccc4n3)CC2)cc1. The van der Waals surface area contributed by atoms with E-state index in [0.717, 1.165) is 67.0 Å². The fourth-order valence-corrected chi connectivity index (χ4v) is 6.16. The minimum absolute atomic E-state index is 0.0783. The van der Waals surface area contributed by atoms with Crippen LogP contribution in [-0.4, -0.2) is 62.8 Å². The Balaban J connectivity index is 1.29. The highest BCUT2D eigenvalue weighted by atomic mass is 32.2. The molecule has 0 N–H and O–H groups in total. The van der Waals surface area contributed by atoms with Gasteiger partial charge in [-0.05, 0) is 74.4 Å². The van der Waals surface area contributed by atoms with Gasteiger partial charge in [-0.3, -0.25) is 4.79 Å². The highest BCUT2D eigenvalue weighted by Crippen LogP contribution is 2.26. The number of anilines is 2. The Morgan fingerprint density at radius 2 is 1.48 bits per heavy atom. The van der Waals surface area contributed by atoms with E-state index < -0.39 is 10.0 Å². The predicted molar refractivity (Wildman–Crippen MR) is 131 cm³/mol. The van der Waals surface area contributed by atoms with E-state index in [2.05, 4.69) is 9.80 Å². The van der Waals surface area contributed by atoms with Crippen molar-refractivity contribution in [2.75, 3.05) is 49.1 Å². The second-order valence-corrected chi connectivity index (χ2v) is 10.7. The fourth-order valence-electron chi connectivity index (χ4n) is 4.61. The Hall–Kier alpha value is -2.97. The molecule has 0 unspecified atom stereocenters. The summed E-state index contributed by atoms with van der Waals surface area (Å²) < 4.78 is 27.3. The van der Waals surface area contributed by atoms with Gasteiger partial charge in [0, 0.05) is 55.9 Å². The van der Waals surface area contributed by atoms with Crippen molar-refractivity contribution in [3.05, 3.63) is 60.2 Å². The van der Waals surface area contributed by atoms with Gasteiger partial charge in [-0.25, -0.2) is 13.4 Å². The van der Waals surface area contributed by atoms with Crippen LogP contribution in [-0.2, 0) is 10.0 Å². The summed E-state index contributed by atoms with van der Waals surface area (Å²) in [7, 11) is -3.43. The molecule has 0 amide bonds. The summed E-state index contributed by atoms with van der Waals surface area (Å²) in [6, 6.07) is 17.0. The lowest BCUT2D eigenvalue weighted by Gasteiger charge is -2.36. The van der Waals surface area contributed by atoms with E-state index in [0.29, 0.717) is 18.0 Å². The molecule has 8 heteroatoms. The van der Waals surface area contributed by atoms with Crippen LogP contribution >= 0.6 is 0 Å². The van der Waals surface area contributed by atoms with Gasteiger partial charge < -0.3 is 9.80 Å². The Kier molecular flexibility index (Phi) is 5.80. The summed E-state index contributed by atoms with van der Waals surface area (Å²) in [5.74, 6) is 0.985. The molecule has 172 valence electrons. The van der Waals surface area contributed by atoms with Crippen LogP contribution in [0.2, 0.25) is 0 Å². The summed E-state index contributed by atoms with van der Waals surface area (Å²) in [6.45, 7) is 6.20. The van der Waals surface area contributed by atoms with Gasteiger partial charge in [-0.2, -0.15) is 4.31 Å². The first kappa shape index (κ1) is 21.9. The van der Waals surface area contributed by atoms with Crippen LogP contribution in [0.25, 0.3) is 10.9 Å². The van der Waals surface area contributed by atoms with E-state index >= 15 is 0 Å². The summed E-state index contributed by atoms with van der Waals surface area (Å²) in [4.78, 5) is 21.2. The number of carbonyl (C=O) groups is 1. The zero-order valence-electron chi connectivity index (χ0n) is 18.8. The topological polar surface area (TPSA) is 73.8 Å². The van der Waals surface area contributed by atoms with Crippen molar-refractivity contribution in [3.63, 3.8) is 0 Å². The van der Waals surface area contributed by atoms with Crippen LogP contribution in [0.4, 0.5) is 11.5 Å². The van der Waals surface area contributed by atoms with E-state index in [4.69, 9.17) is 4.98 Å². The zero-order valence-corrected chi connectivity index (χ0v) is 19.6. The lowest BCUT2D eigenvalue weighted by Crippen LogP contribution is -2.46. The minimum Gasteiger partial charge on any atom is -0.368 e. The van der Waals surface area contributed by atoms with Gasteiger partial charge in [0.25, 0.3) is 0 Å². The van der Waals surface area contributed by atoms with Gasteiger partial charge in [0.1, 0.15) is 5.82 Å². The molecule has 0 aliphatic carbocycles. The third-order valence-corrected chi connectivity index (χ3v) is 8.49. The van der Waals surface area contributed by atoms with Crippen LogP contribution < -0.4 is 9.80 Å². The van der Waals surface area contributed by atoms with Crippen molar-refractivity contribution >= 4 is 38.2 Å². The van der Waals surface area contributed by atoms with Crippen molar-refractivity contribution in [1.82, 2.24) is 9.29 Å². The first-order valence-corrected chi connectivity index (χ1v) is 12.9. The zero-order chi connectivity index (χ0) is 23.0. The van der Waals surface area contributed by atoms with E-state index in [1.54, 1.807) is 23.4 Å². The molecule has 0 atom stereocenters. The summed E-state index contributed by atoms with van der Waals surface area (Å²) in [5, 5.41) is 0.836. The molecule has 7 nitrogen and oxygen atoms in total. The van der Waals surface area contributed by atoms with Crippen molar-refractivity contribution in [1.29, 1.82) is 0 Å². The summed E-state index contributed by atoms with van der Waals surface area (Å²) in [6.07, 6.45) is 1.85. The number of piperazine rings is 1. The molecule has 33 heavy (non-hydrogen) atoms. The molecule has 3 heterocycles. The molecule has 2 aliphatic rings. The normalized spacial score (nSPS) is 17.6. The number of benzene rings is 2. The number of nitrogens with zero attached hydrogens (tertiary/aromatic N) is 4. The number of carbonyl (C=O) groups excluding carboxylic acids is 1. The smallest absolute Gasteiger partial charge is 0.243 e. The predicted octanol–water partition coefficient (Wildman–Crippen LogP) is 3.55. The Morgan fingerprint density at radius 3 is 2.15 bits per heavy atom. The lowest BCUT2D eigenvalue weighted by molar-refractivity contribution is 0.101. The average Bonchev–Trinajstić information content (AvgIpc) is 3.40. The van der Waals surface area contributed by atoms with Crippen molar-refractivity contribution in [2.24, 2.45) is 0 Å². The fraction of sp³-hybridized carbons (Fsp3) is 0.360. The highest BCUT2D eigenvalue weighted by Gasteiger charge is 2.27. The van der Waals surface area contributed by atoms with Gasteiger partial charge >= 0.3 is 0 Å². The quantitative estimate of drug-likeness (QED) is 0.538. The second-order valence-electron chi connectivity index (χ2n) is 8.71. The number of sulfonamides is 1. The molecule has 3 aromatic rings. The van der Waals surface area contributed by atoms with Crippen molar-refractivity contribution in [2.45, 2.75) is 24.7 Å². The maximum absolute atomic E-state index is 12.9. The van der Waals surface area contributed by atoms with Crippen LogP contribution in [0.1, 0.15) is 30.1 Å². The Morgan fingerprint density at radius 1 is 0.818 bits per heavy atom. The molecule has 0 spiro atoms. The number of fused-ring (bicyclic) bond motifs is 1.